The van der Waals surface area contributed by atoms with Gasteiger partial charge in [0.2, 0.25) is 0 Å². The number of nitrogens with one attached hydrogen (secondary N) is 1. The number of ether oxygens (including phenoxy) is 1. The first-order chi connectivity index (χ1) is 14.3. The van der Waals surface area contributed by atoms with E-state index in [0.717, 1.165) is 23.7 Å². The summed E-state index contributed by atoms with van der Waals surface area (Å²) in [6, 6.07) is 13.2. The van der Waals surface area contributed by atoms with Crippen LogP contribution in [-0.4, -0.2) is 35.8 Å². The molecule has 1 unspecified atom stereocenters. The van der Waals surface area contributed by atoms with Crippen LogP contribution in [0, 0.1) is 6.92 Å². The second kappa shape index (κ2) is 9.06. The Morgan fingerprint density at radius 1 is 1.17 bits per heavy atom. The van der Waals surface area contributed by atoms with Crippen molar-refractivity contribution in [3.05, 3.63) is 63.7 Å². The SMILES string of the molecule is COc1cc2c(cc1C)CCNC2C1(c2ccccc2Cl)CCC1.O=C(O)C(=O)O. The summed E-state index contributed by atoms with van der Waals surface area (Å²) in [7, 11) is 1.76. The largest absolute Gasteiger partial charge is 0.496 e. The summed E-state index contributed by atoms with van der Waals surface area (Å²) in [5.41, 5.74) is 5.46. The first kappa shape index (κ1) is 22.1. The zero-order chi connectivity index (χ0) is 21.9. The molecule has 30 heavy (non-hydrogen) atoms. The van der Waals surface area contributed by atoms with Gasteiger partial charge in [-0.1, -0.05) is 42.3 Å². The Kier molecular flexibility index (Phi) is 6.68. The van der Waals surface area contributed by atoms with Crippen LogP contribution in [0.3, 0.4) is 0 Å². The van der Waals surface area contributed by atoms with Gasteiger partial charge in [-0.3, -0.25) is 0 Å². The molecule has 2 aromatic carbocycles. The Balaban J connectivity index is 0.000000377. The van der Waals surface area contributed by atoms with Gasteiger partial charge in [0, 0.05) is 16.5 Å². The van der Waals surface area contributed by atoms with Crippen molar-refractivity contribution in [2.75, 3.05) is 13.7 Å². The summed E-state index contributed by atoms with van der Waals surface area (Å²) in [4.78, 5) is 18.2. The number of rotatable bonds is 3. The van der Waals surface area contributed by atoms with Gasteiger partial charge < -0.3 is 20.3 Å². The molecule has 160 valence electrons. The topological polar surface area (TPSA) is 95.9 Å². The van der Waals surface area contributed by atoms with Crippen LogP contribution in [0.5, 0.6) is 5.75 Å². The van der Waals surface area contributed by atoms with E-state index in [0.29, 0.717) is 6.04 Å². The van der Waals surface area contributed by atoms with Crippen molar-refractivity contribution in [3.63, 3.8) is 0 Å². The lowest BCUT2D eigenvalue weighted by atomic mass is 9.57. The molecule has 0 radical (unpaired) electrons. The number of hydrogen-bond acceptors (Lipinski definition) is 4. The number of aryl methyl sites for hydroxylation is 1. The lowest BCUT2D eigenvalue weighted by Crippen LogP contribution is -2.49. The van der Waals surface area contributed by atoms with E-state index in [1.54, 1.807) is 7.11 Å². The van der Waals surface area contributed by atoms with Gasteiger partial charge in [-0.05, 0) is 67.1 Å². The monoisotopic (exact) mass is 431 g/mol. The van der Waals surface area contributed by atoms with Gasteiger partial charge in [0.05, 0.1) is 7.11 Å². The molecule has 6 nitrogen and oxygen atoms in total. The van der Waals surface area contributed by atoms with E-state index in [4.69, 9.17) is 36.1 Å². The molecule has 4 rings (SSSR count). The summed E-state index contributed by atoms with van der Waals surface area (Å²) >= 11 is 6.60. The number of fused-ring (bicyclic) bond motifs is 1. The normalized spacial score (nSPS) is 18.8. The highest BCUT2D eigenvalue weighted by Crippen LogP contribution is 2.55. The maximum atomic E-state index is 9.10. The second-order valence-corrected chi connectivity index (χ2v) is 8.16. The Morgan fingerprint density at radius 3 is 2.37 bits per heavy atom. The van der Waals surface area contributed by atoms with Crippen molar-refractivity contribution in [3.8, 4) is 5.75 Å². The molecular formula is C23H26ClNO5. The molecule has 1 atom stereocenters. The van der Waals surface area contributed by atoms with E-state index < -0.39 is 11.9 Å². The molecular weight excluding hydrogens is 406 g/mol. The van der Waals surface area contributed by atoms with Gasteiger partial charge in [-0.2, -0.15) is 0 Å². The number of halogens is 1. The summed E-state index contributed by atoms with van der Waals surface area (Å²) in [6.45, 7) is 3.15. The highest BCUT2D eigenvalue weighted by molar-refractivity contribution is 6.31. The lowest BCUT2D eigenvalue weighted by molar-refractivity contribution is -0.159. The third kappa shape index (κ3) is 4.16. The molecule has 1 fully saturated rings. The van der Waals surface area contributed by atoms with Crippen molar-refractivity contribution in [1.82, 2.24) is 5.32 Å². The van der Waals surface area contributed by atoms with Crippen molar-refractivity contribution in [2.45, 2.75) is 44.1 Å². The molecule has 0 amide bonds. The van der Waals surface area contributed by atoms with E-state index in [9.17, 15) is 0 Å². The van der Waals surface area contributed by atoms with Gasteiger partial charge in [0.25, 0.3) is 0 Å². The molecule has 1 heterocycles. The molecule has 0 saturated heterocycles. The van der Waals surface area contributed by atoms with Gasteiger partial charge >= 0.3 is 11.9 Å². The fourth-order valence-electron chi connectivity index (χ4n) is 4.56. The van der Waals surface area contributed by atoms with E-state index >= 15 is 0 Å². The van der Waals surface area contributed by atoms with Crippen LogP contribution in [0.25, 0.3) is 0 Å². The van der Waals surface area contributed by atoms with Crippen LogP contribution in [0.2, 0.25) is 5.02 Å². The van der Waals surface area contributed by atoms with Crippen molar-refractivity contribution < 1.29 is 24.5 Å². The predicted molar refractivity (Wildman–Crippen MR) is 114 cm³/mol. The summed E-state index contributed by atoms with van der Waals surface area (Å²) in [5.74, 6) is -2.67. The highest BCUT2D eigenvalue weighted by atomic mass is 35.5. The van der Waals surface area contributed by atoms with Crippen LogP contribution in [0.1, 0.15) is 47.6 Å². The van der Waals surface area contributed by atoms with Crippen LogP contribution in [-0.2, 0) is 21.4 Å². The first-order valence-corrected chi connectivity index (χ1v) is 10.3. The van der Waals surface area contributed by atoms with Crippen molar-refractivity contribution in [1.29, 1.82) is 0 Å². The molecule has 0 aromatic heterocycles. The van der Waals surface area contributed by atoms with E-state index in [1.165, 1.54) is 41.5 Å². The Bertz CT molecular complexity index is 943. The number of hydrogen-bond donors (Lipinski definition) is 3. The lowest BCUT2D eigenvalue weighted by Gasteiger charge is -2.51. The van der Waals surface area contributed by atoms with E-state index in [2.05, 4.69) is 36.5 Å². The van der Waals surface area contributed by atoms with Crippen LogP contribution in [0.15, 0.2) is 36.4 Å². The molecule has 0 bridgehead atoms. The predicted octanol–water partition coefficient (Wildman–Crippen LogP) is 4.12. The number of aliphatic carboxylic acids is 2. The quantitative estimate of drug-likeness (QED) is 0.632. The maximum Gasteiger partial charge on any atom is 0.414 e. The fraction of sp³-hybridized carbons (Fsp3) is 0.391. The molecule has 1 aliphatic carbocycles. The Hall–Kier alpha value is -2.57. The standard InChI is InChI=1S/C21H24ClNO.C2H2O4/c1-14-12-15-8-11-23-20(16(15)13-19(14)24-2)21(9-5-10-21)17-6-3-4-7-18(17)22;3-1(4)2(5)6/h3-4,6-7,12-13,20,23H,5,8-11H2,1-2H3;(H,3,4)(H,5,6). The smallest absolute Gasteiger partial charge is 0.414 e. The molecule has 1 aliphatic heterocycles. The molecule has 1 saturated carbocycles. The minimum atomic E-state index is -1.82. The average molecular weight is 432 g/mol. The Labute approximate surface area is 180 Å². The number of methoxy groups -OCH3 is 1. The number of carboxylic acid groups (broad SMARTS) is 2. The average Bonchev–Trinajstić information content (AvgIpc) is 2.68. The minimum absolute atomic E-state index is 0.105. The van der Waals surface area contributed by atoms with Crippen molar-refractivity contribution in [2.24, 2.45) is 0 Å². The second-order valence-electron chi connectivity index (χ2n) is 7.76. The summed E-state index contributed by atoms with van der Waals surface area (Å²) in [5, 5.41) is 19.5. The van der Waals surface area contributed by atoms with Crippen LogP contribution in [0.4, 0.5) is 0 Å². The molecule has 7 heteroatoms. The van der Waals surface area contributed by atoms with E-state index in [-0.39, 0.29) is 5.41 Å². The Morgan fingerprint density at radius 2 is 1.83 bits per heavy atom. The van der Waals surface area contributed by atoms with E-state index in [1.807, 2.05) is 12.1 Å². The number of benzene rings is 2. The zero-order valence-electron chi connectivity index (χ0n) is 17.1. The minimum Gasteiger partial charge on any atom is -0.496 e. The molecule has 0 spiro atoms. The third-order valence-electron chi connectivity index (χ3n) is 6.10. The number of carbonyl (C=O) groups is 2. The van der Waals surface area contributed by atoms with Gasteiger partial charge in [0.15, 0.2) is 0 Å². The summed E-state index contributed by atoms with van der Waals surface area (Å²) < 4.78 is 5.60. The summed E-state index contributed by atoms with van der Waals surface area (Å²) in [6.07, 6.45) is 4.71. The van der Waals surface area contributed by atoms with Gasteiger partial charge in [-0.25, -0.2) is 9.59 Å². The fourth-order valence-corrected chi connectivity index (χ4v) is 4.88. The van der Waals surface area contributed by atoms with Crippen LogP contribution < -0.4 is 10.1 Å². The van der Waals surface area contributed by atoms with Crippen molar-refractivity contribution >= 4 is 23.5 Å². The van der Waals surface area contributed by atoms with Crippen LogP contribution >= 0.6 is 11.6 Å². The first-order valence-electron chi connectivity index (χ1n) is 9.92. The highest BCUT2D eigenvalue weighted by Gasteiger charge is 2.48. The molecule has 2 aromatic rings. The van der Waals surface area contributed by atoms with Gasteiger partial charge in [0.1, 0.15) is 5.75 Å². The maximum absolute atomic E-state index is 9.10. The van der Waals surface area contributed by atoms with Gasteiger partial charge in [-0.15, -0.1) is 0 Å². The third-order valence-corrected chi connectivity index (χ3v) is 6.43. The molecule has 3 N–H and O–H groups in total. The molecule has 2 aliphatic rings. The zero-order valence-corrected chi connectivity index (χ0v) is 17.8. The number of carboxylic acids is 2.